The molecule has 0 spiro atoms. The van der Waals surface area contributed by atoms with E-state index in [2.05, 4.69) is 0 Å². The number of ether oxygens (including phenoxy) is 3. The molecule has 0 saturated carbocycles. The van der Waals surface area contributed by atoms with E-state index in [-0.39, 0.29) is 25.8 Å². The van der Waals surface area contributed by atoms with Crippen LogP contribution in [0.2, 0.25) is 0 Å². The van der Waals surface area contributed by atoms with Crippen LogP contribution in [-0.4, -0.2) is 60.1 Å². The van der Waals surface area contributed by atoms with Crippen LogP contribution in [0, 0.1) is 0 Å². The molecule has 1 amide bonds. The number of carbonyl (C=O) groups excluding carboxylic acids is 1. The topological polar surface area (TPSA) is 85.3 Å². The van der Waals surface area contributed by atoms with E-state index in [1.165, 1.54) is 4.90 Å². The van der Waals surface area contributed by atoms with Crippen molar-refractivity contribution in [2.24, 2.45) is 0 Å². The molecule has 2 heterocycles. The number of hydrogen-bond acceptors (Lipinski definition) is 5. The van der Waals surface area contributed by atoms with Crippen LogP contribution in [0.5, 0.6) is 0 Å². The molecule has 0 aliphatic carbocycles. The van der Waals surface area contributed by atoms with E-state index in [0.717, 1.165) is 5.56 Å². The molecule has 22 heavy (non-hydrogen) atoms. The number of carbonyl (C=O) groups is 2. The van der Waals surface area contributed by atoms with Crippen LogP contribution in [0.4, 0.5) is 4.79 Å². The molecule has 2 aliphatic heterocycles. The van der Waals surface area contributed by atoms with E-state index >= 15 is 0 Å². The Bertz CT molecular complexity index is 548. The Kier molecular flexibility index (Phi) is 4.26. The zero-order chi connectivity index (χ0) is 15.5. The minimum absolute atomic E-state index is 0.0342. The van der Waals surface area contributed by atoms with Crippen molar-refractivity contribution in [3.63, 3.8) is 0 Å². The molecule has 7 nitrogen and oxygen atoms in total. The number of hydrogen-bond donors (Lipinski definition) is 1. The third-order valence-electron chi connectivity index (χ3n) is 3.82. The van der Waals surface area contributed by atoms with Gasteiger partial charge in [-0.1, -0.05) is 30.3 Å². The molecule has 2 fully saturated rings. The first-order valence-corrected chi connectivity index (χ1v) is 7.08. The first kappa shape index (κ1) is 14.8. The van der Waals surface area contributed by atoms with Crippen LogP contribution in [-0.2, 0) is 25.6 Å². The quantitative estimate of drug-likeness (QED) is 0.892. The Morgan fingerprint density at radius 3 is 2.77 bits per heavy atom. The summed E-state index contributed by atoms with van der Waals surface area (Å²) in [6.07, 6.45) is -2.01. The minimum Gasteiger partial charge on any atom is -0.479 e. The highest BCUT2D eigenvalue weighted by Crippen LogP contribution is 2.25. The highest BCUT2D eigenvalue weighted by Gasteiger charge is 2.45. The predicted molar refractivity (Wildman–Crippen MR) is 74.2 cm³/mol. The van der Waals surface area contributed by atoms with Gasteiger partial charge in [-0.2, -0.15) is 0 Å². The van der Waals surface area contributed by atoms with Gasteiger partial charge in [0.25, 0.3) is 0 Å². The highest BCUT2D eigenvalue weighted by molar-refractivity contribution is 5.75. The smallest absolute Gasteiger partial charge is 0.410 e. The SMILES string of the molecule is O=C(O)C1CN(C(=O)OCc2ccccc2)C2COCC2O1. The third-order valence-corrected chi connectivity index (χ3v) is 3.82. The van der Waals surface area contributed by atoms with Gasteiger partial charge in [-0.15, -0.1) is 0 Å². The van der Waals surface area contributed by atoms with Crippen molar-refractivity contribution in [3.05, 3.63) is 35.9 Å². The molecule has 2 saturated heterocycles. The predicted octanol–water partition coefficient (Wildman–Crippen LogP) is 0.876. The first-order valence-electron chi connectivity index (χ1n) is 7.08. The van der Waals surface area contributed by atoms with Crippen molar-refractivity contribution < 1.29 is 28.9 Å². The van der Waals surface area contributed by atoms with Gasteiger partial charge in [0.2, 0.25) is 0 Å². The van der Waals surface area contributed by atoms with Gasteiger partial charge < -0.3 is 19.3 Å². The van der Waals surface area contributed by atoms with E-state index in [9.17, 15) is 9.59 Å². The minimum atomic E-state index is -1.09. The summed E-state index contributed by atoms with van der Waals surface area (Å²) in [6, 6.07) is 9.02. The molecule has 1 aromatic rings. The van der Waals surface area contributed by atoms with Gasteiger partial charge in [0, 0.05) is 0 Å². The van der Waals surface area contributed by atoms with Gasteiger partial charge in [-0.05, 0) is 5.56 Å². The molecule has 2 aliphatic rings. The Labute approximate surface area is 127 Å². The normalized spacial score (nSPS) is 27.3. The van der Waals surface area contributed by atoms with E-state index in [1.54, 1.807) is 0 Å². The molecular formula is C15H17NO6. The lowest BCUT2D eigenvalue weighted by atomic mass is 10.1. The molecule has 0 bridgehead atoms. The molecule has 0 aromatic heterocycles. The number of fused-ring (bicyclic) bond motifs is 1. The largest absolute Gasteiger partial charge is 0.479 e. The van der Waals surface area contributed by atoms with Crippen molar-refractivity contribution in [3.8, 4) is 0 Å². The summed E-state index contributed by atoms with van der Waals surface area (Å²) < 4.78 is 16.0. The maximum Gasteiger partial charge on any atom is 0.410 e. The van der Waals surface area contributed by atoms with Crippen molar-refractivity contribution in [1.82, 2.24) is 4.90 Å². The summed E-state index contributed by atoms with van der Waals surface area (Å²) in [5, 5.41) is 9.12. The van der Waals surface area contributed by atoms with Crippen molar-refractivity contribution in [2.75, 3.05) is 19.8 Å². The van der Waals surface area contributed by atoms with Crippen molar-refractivity contribution >= 4 is 12.1 Å². The van der Waals surface area contributed by atoms with Crippen LogP contribution in [0.3, 0.4) is 0 Å². The fourth-order valence-corrected chi connectivity index (χ4v) is 2.66. The first-order chi connectivity index (χ1) is 10.6. The highest BCUT2D eigenvalue weighted by atomic mass is 16.6. The Morgan fingerprint density at radius 2 is 2.05 bits per heavy atom. The number of carboxylic acid groups (broad SMARTS) is 1. The zero-order valence-electron chi connectivity index (χ0n) is 11.9. The van der Waals surface area contributed by atoms with Crippen molar-refractivity contribution in [2.45, 2.75) is 24.9 Å². The summed E-state index contributed by atoms with van der Waals surface area (Å²) in [7, 11) is 0. The molecule has 3 rings (SSSR count). The maximum absolute atomic E-state index is 12.3. The fourth-order valence-electron chi connectivity index (χ4n) is 2.66. The van der Waals surface area contributed by atoms with Gasteiger partial charge in [0.05, 0.1) is 25.8 Å². The molecule has 1 N–H and O–H groups in total. The molecule has 0 radical (unpaired) electrons. The van der Waals surface area contributed by atoms with Gasteiger partial charge in [-0.3, -0.25) is 4.90 Å². The zero-order valence-corrected chi connectivity index (χ0v) is 11.9. The van der Waals surface area contributed by atoms with Crippen LogP contribution < -0.4 is 0 Å². The number of benzene rings is 1. The van der Waals surface area contributed by atoms with Gasteiger partial charge in [-0.25, -0.2) is 9.59 Å². The van der Waals surface area contributed by atoms with Crippen LogP contribution in [0.15, 0.2) is 30.3 Å². The number of rotatable bonds is 3. The molecule has 7 heteroatoms. The standard InChI is InChI=1S/C15H17NO6/c17-14(18)12-6-16(11-8-20-9-13(11)22-12)15(19)21-7-10-4-2-1-3-5-10/h1-5,11-13H,6-9H2,(H,17,18). The van der Waals surface area contributed by atoms with E-state index in [0.29, 0.717) is 6.61 Å². The van der Waals surface area contributed by atoms with Crippen molar-refractivity contribution in [1.29, 1.82) is 0 Å². The molecule has 3 atom stereocenters. The third kappa shape index (κ3) is 3.05. The van der Waals surface area contributed by atoms with Gasteiger partial charge in [0.15, 0.2) is 6.10 Å². The maximum atomic E-state index is 12.3. The second-order valence-corrected chi connectivity index (χ2v) is 5.30. The lowest BCUT2D eigenvalue weighted by Gasteiger charge is -2.38. The monoisotopic (exact) mass is 307 g/mol. The van der Waals surface area contributed by atoms with Crippen LogP contribution in [0.25, 0.3) is 0 Å². The number of carboxylic acids is 1. The number of nitrogens with zero attached hydrogens (tertiary/aromatic N) is 1. The Balaban J connectivity index is 1.65. The Hall–Kier alpha value is -2.12. The molecule has 1 aromatic carbocycles. The average Bonchev–Trinajstić information content (AvgIpc) is 3.01. The summed E-state index contributed by atoms with van der Waals surface area (Å²) >= 11 is 0. The van der Waals surface area contributed by atoms with Crippen LogP contribution in [0.1, 0.15) is 5.56 Å². The average molecular weight is 307 g/mol. The summed E-state index contributed by atoms with van der Waals surface area (Å²) in [5.41, 5.74) is 0.873. The van der Waals surface area contributed by atoms with E-state index in [4.69, 9.17) is 19.3 Å². The van der Waals surface area contributed by atoms with E-state index in [1.807, 2.05) is 30.3 Å². The lowest BCUT2D eigenvalue weighted by Crippen LogP contribution is -2.58. The second kappa shape index (κ2) is 6.33. The Morgan fingerprint density at radius 1 is 1.27 bits per heavy atom. The molecule has 118 valence electrons. The molecule has 3 unspecified atom stereocenters. The van der Waals surface area contributed by atoms with E-state index < -0.39 is 24.3 Å². The summed E-state index contributed by atoms with van der Waals surface area (Å²) in [6.45, 7) is 0.731. The summed E-state index contributed by atoms with van der Waals surface area (Å²) in [5.74, 6) is -1.09. The number of aliphatic carboxylic acids is 1. The fraction of sp³-hybridized carbons (Fsp3) is 0.467. The number of amides is 1. The van der Waals surface area contributed by atoms with Gasteiger partial charge >= 0.3 is 12.1 Å². The summed E-state index contributed by atoms with van der Waals surface area (Å²) in [4.78, 5) is 24.8. The second-order valence-electron chi connectivity index (χ2n) is 5.30. The molecular weight excluding hydrogens is 290 g/mol. The lowest BCUT2D eigenvalue weighted by molar-refractivity contribution is -0.165. The number of morpholine rings is 1. The van der Waals surface area contributed by atoms with Gasteiger partial charge in [0.1, 0.15) is 12.7 Å². The van der Waals surface area contributed by atoms with Crippen LogP contribution >= 0.6 is 0 Å².